The van der Waals surface area contributed by atoms with Gasteiger partial charge in [0, 0.05) is 12.6 Å². The maximum absolute atomic E-state index is 12.9. The summed E-state index contributed by atoms with van der Waals surface area (Å²) in [6.45, 7) is 2.93. The molecule has 3 saturated heterocycles. The Balaban J connectivity index is 1.56. The van der Waals surface area contributed by atoms with E-state index in [1.54, 1.807) is 41.8 Å². The van der Waals surface area contributed by atoms with Crippen molar-refractivity contribution in [1.82, 2.24) is 9.88 Å². The summed E-state index contributed by atoms with van der Waals surface area (Å²) in [6.07, 6.45) is 3.68. The van der Waals surface area contributed by atoms with Gasteiger partial charge in [-0.2, -0.15) is 0 Å². The molecule has 160 valence electrons. The highest BCUT2D eigenvalue weighted by molar-refractivity contribution is 7.12. The second-order valence-corrected chi connectivity index (χ2v) is 8.35. The normalized spacial score (nSPS) is 22.4. The monoisotopic (exact) mass is 431 g/mol. The molecule has 0 saturated carbocycles. The average molecular weight is 432 g/mol. The lowest BCUT2D eigenvalue weighted by molar-refractivity contribution is -0.156. The summed E-state index contributed by atoms with van der Waals surface area (Å²) >= 11 is 1.27. The Morgan fingerprint density at radius 1 is 1.23 bits per heavy atom. The van der Waals surface area contributed by atoms with E-state index in [2.05, 4.69) is 9.88 Å². The predicted molar refractivity (Wildman–Crippen MR) is 112 cm³/mol. The third kappa shape index (κ3) is 4.27. The molecule has 5 rings (SSSR count). The van der Waals surface area contributed by atoms with Crippen LogP contribution in [0.4, 0.5) is 11.4 Å². The molecule has 2 bridgehead atoms. The first kappa shape index (κ1) is 20.6. The van der Waals surface area contributed by atoms with Crippen LogP contribution in [0.3, 0.4) is 0 Å². The summed E-state index contributed by atoms with van der Waals surface area (Å²) in [4.78, 5) is 33.9. The van der Waals surface area contributed by atoms with Crippen molar-refractivity contribution in [2.24, 2.45) is 5.92 Å². The summed E-state index contributed by atoms with van der Waals surface area (Å²) in [6, 6.07) is 5.31. The van der Waals surface area contributed by atoms with Gasteiger partial charge >= 0.3 is 11.9 Å². The van der Waals surface area contributed by atoms with Gasteiger partial charge in [-0.15, -0.1) is 11.3 Å². The highest BCUT2D eigenvalue weighted by atomic mass is 32.1. The number of hydrogen-bond acceptors (Lipinski definition) is 9. The van der Waals surface area contributed by atoms with E-state index in [4.69, 9.17) is 14.2 Å². The number of piperidine rings is 3. The van der Waals surface area contributed by atoms with Gasteiger partial charge in [-0.05, 0) is 49.4 Å². The fourth-order valence-corrected chi connectivity index (χ4v) is 4.92. The quantitative estimate of drug-likeness (QED) is 0.619. The lowest BCUT2D eigenvalue weighted by Gasteiger charge is -2.44. The fourth-order valence-electron chi connectivity index (χ4n) is 4.11. The van der Waals surface area contributed by atoms with Crippen LogP contribution in [0.5, 0.6) is 5.88 Å². The zero-order chi connectivity index (χ0) is 21.1. The maximum atomic E-state index is 12.9. The molecule has 8 nitrogen and oxygen atoms in total. The Bertz CT molecular complexity index is 892. The average Bonchev–Trinajstić information content (AvgIpc) is 3.27. The molecular weight excluding hydrogens is 406 g/mol. The van der Waals surface area contributed by atoms with Gasteiger partial charge < -0.3 is 19.1 Å². The first-order chi connectivity index (χ1) is 14.6. The summed E-state index contributed by atoms with van der Waals surface area (Å²) in [5.74, 6) is 0.123. The third-order valence-electron chi connectivity index (χ3n) is 5.71. The van der Waals surface area contributed by atoms with Gasteiger partial charge in [0.15, 0.2) is 0 Å². The van der Waals surface area contributed by atoms with Gasteiger partial charge in [0.25, 0.3) is 0 Å². The van der Waals surface area contributed by atoms with Crippen molar-refractivity contribution in [3.8, 4) is 5.88 Å². The van der Waals surface area contributed by atoms with Crippen molar-refractivity contribution in [1.29, 1.82) is 0 Å². The number of carbonyl (C=O) groups excluding carboxylic acids is 2. The molecule has 0 N–H and O–H groups in total. The minimum absolute atomic E-state index is 0.0298. The van der Waals surface area contributed by atoms with E-state index in [1.807, 2.05) is 0 Å². The minimum Gasteiger partial charge on any atom is -0.481 e. The van der Waals surface area contributed by atoms with Crippen LogP contribution in [0.1, 0.15) is 22.5 Å². The number of pyridine rings is 1. The molecule has 30 heavy (non-hydrogen) atoms. The molecule has 2 aromatic rings. The van der Waals surface area contributed by atoms with Crippen molar-refractivity contribution < 1.29 is 23.8 Å². The van der Waals surface area contributed by atoms with Crippen molar-refractivity contribution in [3.05, 3.63) is 34.7 Å². The van der Waals surface area contributed by atoms with Crippen molar-refractivity contribution >= 4 is 34.7 Å². The minimum atomic E-state index is -0.447. The van der Waals surface area contributed by atoms with E-state index in [9.17, 15) is 9.59 Å². The largest absolute Gasteiger partial charge is 0.481 e. The summed E-state index contributed by atoms with van der Waals surface area (Å²) in [5.41, 5.74) is 1.25. The Morgan fingerprint density at radius 2 is 2.03 bits per heavy atom. The molecule has 3 fully saturated rings. The van der Waals surface area contributed by atoms with Gasteiger partial charge in [-0.1, -0.05) is 0 Å². The second kappa shape index (κ2) is 9.01. The Morgan fingerprint density at radius 3 is 2.63 bits per heavy atom. The summed E-state index contributed by atoms with van der Waals surface area (Å²) in [5, 5.41) is 1.80. The number of aromatic nitrogens is 1. The molecule has 5 heterocycles. The van der Waals surface area contributed by atoms with E-state index >= 15 is 0 Å². The molecule has 1 atom stereocenters. The SMILES string of the molecule is COC(=O)c1sccc1N(CC(=O)O[C@H]1CN2CCC1CC2)c1ccc(OC)nc1. The molecule has 0 aliphatic carbocycles. The lowest BCUT2D eigenvalue weighted by atomic mass is 9.86. The topological polar surface area (TPSA) is 81.2 Å². The number of fused-ring (bicyclic) bond motifs is 3. The molecular formula is C21H25N3O5S. The number of methoxy groups -OCH3 is 2. The molecule has 0 aromatic carbocycles. The van der Waals surface area contributed by atoms with Gasteiger partial charge in [-0.25, -0.2) is 9.78 Å². The van der Waals surface area contributed by atoms with Crippen LogP contribution in [-0.4, -0.2) is 68.3 Å². The van der Waals surface area contributed by atoms with Crippen LogP contribution >= 0.6 is 11.3 Å². The van der Waals surface area contributed by atoms with E-state index < -0.39 is 5.97 Å². The lowest BCUT2D eigenvalue weighted by Crippen LogP contribution is -2.52. The molecule has 0 radical (unpaired) electrons. The summed E-state index contributed by atoms with van der Waals surface area (Å²) in [7, 11) is 2.88. The van der Waals surface area contributed by atoms with Crippen molar-refractivity contribution in [2.45, 2.75) is 18.9 Å². The number of thiophene rings is 1. The Hall–Kier alpha value is -2.65. The van der Waals surface area contributed by atoms with Crippen LogP contribution < -0.4 is 9.64 Å². The number of anilines is 2. The molecule has 0 spiro atoms. The molecule has 2 aromatic heterocycles. The van der Waals surface area contributed by atoms with E-state index in [1.165, 1.54) is 18.4 Å². The number of esters is 2. The standard InChI is InChI=1S/C21H25N3O5S/c1-27-18-4-3-15(11-22-18)24(16-7-10-30-20(16)21(26)28-2)13-19(25)29-17-12-23-8-5-14(17)6-9-23/h3-4,7,10-11,14,17H,5-6,8-9,12-13H2,1-2H3/t17-/m0/s1. The second-order valence-electron chi connectivity index (χ2n) is 7.44. The number of carbonyl (C=O) groups is 2. The zero-order valence-electron chi connectivity index (χ0n) is 17.1. The smallest absolute Gasteiger partial charge is 0.350 e. The number of nitrogens with zero attached hydrogens (tertiary/aromatic N) is 3. The zero-order valence-corrected chi connectivity index (χ0v) is 17.9. The first-order valence-electron chi connectivity index (χ1n) is 9.94. The van der Waals surface area contributed by atoms with Gasteiger partial charge in [0.05, 0.1) is 31.8 Å². The van der Waals surface area contributed by atoms with E-state index in [0.717, 1.165) is 32.5 Å². The molecule has 3 aliphatic heterocycles. The van der Waals surface area contributed by atoms with Gasteiger partial charge in [-0.3, -0.25) is 9.69 Å². The van der Waals surface area contributed by atoms with Crippen LogP contribution in [0, 0.1) is 5.92 Å². The number of hydrogen-bond donors (Lipinski definition) is 0. The highest BCUT2D eigenvalue weighted by Crippen LogP contribution is 2.34. The van der Waals surface area contributed by atoms with Gasteiger partial charge in [0.2, 0.25) is 5.88 Å². The van der Waals surface area contributed by atoms with Crippen LogP contribution in [0.2, 0.25) is 0 Å². The maximum Gasteiger partial charge on any atom is 0.350 e. The highest BCUT2D eigenvalue weighted by Gasteiger charge is 2.37. The molecule has 0 unspecified atom stereocenters. The van der Waals surface area contributed by atoms with Crippen LogP contribution in [0.25, 0.3) is 0 Å². The van der Waals surface area contributed by atoms with E-state index in [0.29, 0.717) is 28.0 Å². The fraction of sp³-hybridized carbons (Fsp3) is 0.476. The van der Waals surface area contributed by atoms with E-state index in [-0.39, 0.29) is 18.6 Å². The molecule has 9 heteroatoms. The van der Waals surface area contributed by atoms with Crippen LogP contribution in [-0.2, 0) is 14.3 Å². The predicted octanol–water partition coefficient (Wildman–Crippen LogP) is 2.71. The molecule has 3 aliphatic rings. The molecule has 0 amide bonds. The van der Waals surface area contributed by atoms with Crippen LogP contribution in [0.15, 0.2) is 29.8 Å². The first-order valence-corrected chi connectivity index (χ1v) is 10.8. The Labute approximate surface area is 179 Å². The third-order valence-corrected chi connectivity index (χ3v) is 6.60. The van der Waals surface area contributed by atoms with Crippen molar-refractivity contribution in [2.75, 3.05) is 45.3 Å². The number of ether oxygens (including phenoxy) is 3. The summed E-state index contributed by atoms with van der Waals surface area (Å²) < 4.78 is 15.9. The van der Waals surface area contributed by atoms with Crippen molar-refractivity contribution in [3.63, 3.8) is 0 Å². The number of rotatable bonds is 7. The Kier molecular flexibility index (Phi) is 6.19. The van der Waals surface area contributed by atoms with Gasteiger partial charge in [0.1, 0.15) is 17.5 Å².